The highest BCUT2D eigenvalue weighted by molar-refractivity contribution is 5.97. The molecule has 0 aliphatic heterocycles. The molecule has 0 bridgehead atoms. The van der Waals surface area contributed by atoms with Crippen molar-refractivity contribution in [1.82, 2.24) is 0 Å². The summed E-state index contributed by atoms with van der Waals surface area (Å²) < 4.78 is 11.0. The Kier molecular flexibility index (Phi) is 4.24. The topological polar surface area (TPSA) is 47.9 Å². The Morgan fingerprint density at radius 2 is 1.70 bits per heavy atom. The third kappa shape index (κ3) is 2.75. The molecular weight excluding hydrogens is 290 g/mol. The number of hydrogen-bond acceptors (Lipinski definition) is 4. The molecule has 0 aromatic heterocycles. The average Bonchev–Trinajstić information content (AvgIpc) is 2.61. The van der Waals surface area contributed by atoms with Gasteiger partial charge in [-0.25, -0.2) is 0 Å². The molecule has 116 valence electrons. The van der Waals surface area contributed by atoms with E-state index in [1.807, 2.05) is 30.3 Å². The maximum atomic E-state index is 11.1. The van der Waals surface area contributed by atoms with Crippen LogP contribution in [0, 0.1) is 4.91 Å². The summed E-state index contributed by atoms with van der Waals surface area (Å²) in [4.78, 5) is 11.1. The van der Waals surface area contributed by atoms with Crippen molar-refractivity contribution in [3.8, 4) is 11.5 Å². The van der Waals surface area contributed by atoms with Crippen molar-refractivity contribution in [2.45, 2.75) is 6.42 Å². The summed E-state index contributed by atoms with van der Waals surface area (Å²) in [5.74, 6) is 1.29. The van der Waals surface area contributed by atoms with E-state index >= 15 is 0 Å². The maximum Gasteiger partial charge on any atom is 0.164 e. The van der Waals surface area contributed by atoms with E-state index in [9.17, 15) is 4.91 Å². The number of fused-ring (bicyclic) bond motifs is 1. The quantitative estimate of drug-likeness (QED) is 0.633. The van der Waals surface area contributed by atoms with Crippen LogP contribution in [-0.4, -0.2) is 14.2 Å². The second-order valence-electron chi connectivity index (χ2n) is 5.22. The highest BCUT2D eigenvalue weighted by Gasteiger charge is 2.17. The predicted octanol–water partition coefficient (Wildman–Crippen LogP) is 4.85. The van der Waals surface area contributed by atoms with Gasteiger partial charge in [-0.15, -0.1) is 4.91 Å². The van der Waals surface area contributed by atoms with Crippen LogP contribution in [0.2, 0.25) is 0 Å². The normalized spacial score (nSPS) is 10.5. The number of methoxy groups -OCH3 is 2. The Morgan fingerprint density at radius 1 is 0.913 bits per heavy atom. The van der Waals surface area contributed by atoms with Crippen LogP contribution in [0.15, 0.2) is 59.8 Å². The molecule has 0 saturated heterocycles. The highest BCUT2D eigenvalue weighted by atomic mass is 16.5. The lowest BCUT2D eigenvalue weighted by atomic mass is 9.96. The third-order valence-corrected chi connectivity index (χ3v) is 3.93. The van der Waals surface area contributed by atoms with Gasteiger partial charge in [0, 0.05) is 17.4 Å². The van der Waals surface area contributed by atoms with Crippen LogP contribution in [-0.2, 0) is 6.42 Å². The van der Waals surface area contributed by atoms with Gasteiger partial charge in [0.2, 0.25) is 0 Å². The van der Waals surface area contributed by atoms with Gasteiger partial charge >= 0.3 is 0 Å². The van der Waals surface area contributed by atoms with Crippen LogP contribution in [0.1, 0.15) is 11.1 Å². The molecule has 0 aliphatic carbocycles. The highest BCUT2D eigenvalue weighted by Crippen LogP contribution is 2.41. The first-order valence-corrected chi connectivity index (χ1v) is 7.32. The first-order chi connectivity index (χ1) is 11.3. The monoisotopic (exact) mass is 307 g/mol. The van der Waals surface area contributed by atoms with Crippen molar-refractivity contribution >= 4 is 16.5 Å². The minimum absolute atomic E-state index is 0.401. The minimum atomic E-state index is 0.401. The van der Waals surface area contributed by atoms with Gasteiger partial charge in [-0.2, -0.15) is 0 Å². The number of ether oxygens (including phenoxy) is 2. The van der Waals surface area contributed by atoms with E-state index < -0.39 is 0 Å². The number of hydrogen-bond donors (Lipinski definition) is 0. The molecule has 0 aliphatic rings. The molecular formula is C19H17NO3. The largest absolute Gasteiger partial charge is 0.493 e. The molecule has 23 heavy (non-hydrogen) atoms. The fourth-order valence-corrected chi connectivity index (χ4v) is 2.87. The van der Waals surface area contributed by atoms with Crippen LogP contribution >= 0.6 is 0 Å². The van der Waals surface area contributed by atoms with Crippen molar-refractivity contribution in [2.75, 3.05) is 14.2 Å². The van der Waals surface area contributed by atoms with Gasteiger partial charge in [-0.05, 0) is 28.3 Å². The van der Waals surface area contributed by atoms with Crippen LogP contribution in [0.5, 0.6) is 11.5 Å². The van der Waals surface area contributed by atoms with Crippen molar-refractivity contribution in [1.29, 1.82) is 0 Å². The Labute approximate surface area is 134 Å². The molecule has 4 heteroatoms. The first kappa shape index (κ1) is 15.0. The fraction of sp³-hybridized carbons (Fsp3) is 0.158. The molecule has 0 unspecified atom stereocenters. The molecule has 0 radical (unpaired) electrons. The summed E-state index contributed by atoms with van der Waals surface area (Å²) >= 11 is 0. The lowest BCUT2D eigenvalue weighted by Crippen LogP contribution is -1.99. The van der Waals surface area contributed by atoms with E-state index in [1.54, 1.807) is 26.4 Å². The molecule has 0 spiro atoms. The number of nitroso groups, excluding NO2 is 1. The zero-order valence-corrected chi connectivity index (χ0v) is 13.1. The molecule has 3 aromatic carbocycles. The summed E-state index contributed by atoms with van der Waals surface area (Å²) in [5.41, 5.74) is 2.54. The second kappa shape index (κ2) is 6.48. The van der Waals surface area contributed by atoms with Gasteiger partial charge < -0.3 is 9.47 Å². The number of nitrogens with zero attached hydrogens (tertiary/aromatic N) is 1. The standard InChI is InChI=1S/C19H17NO3/c1-22-18-12-15-14(9-6-10-17(15)20-21)16(19(18)23-2)11-13-7-4-3-5-8-13/h3-10,12H,11H2,1-2H3. The van der Waals surface area contributed by atoms with E-state index in [2.05, 4.69) is 17.3 Å². The van der Waals surface area contributed by atoms with Crippen LogP contribution in [0.4, 0.5) is 5.69 Å². The minimum Gasteiger partial charge on any atom is -0.493 e. The Balaban J connectivity index is 2.29. The van der Waals surface area contributed by atoms with E-state index in [0.29, 0.717) is 23.6 Å². The van der Waals surface area contributed by atoms with Gasteiger partial charge in [-0.3, -0.25) is 0 Å². The molecule has 0 atom stereocenters. The van der Waals surface area contributed by atoms with Gasteiger partial charge in [0.05, 0.1) is 14.2 Å². The second-order valence-corrected chi connectivity index (χ2v) is 5.22. The molecule has 0 N–H and O–H groups in total. The Bertz CT molecular complexity index is 844. The van der Waals surface area contributed by atoms with Crippen molar-refractivity contribution in [3.05, 3.63) is 70.6 Å². The lowest BCUT2D eigenvalue weighted by Gasteiger charge is -2.16. The van der Waals surface area contributed by atoms with E-state index in [1.165, 1.54) is 0 Å². The summed E-state index contributed by atoms with van der Waals surface area (Å²) in [6, 6.07) is 17.4. The van der Waals surface area contributed by atoms with E-state index in [-0.39, 0.29) is 0 Å². The van der Waals surface area contributed by atoms with E-state index in [0.717, 1.165) is 21.9 Å². The van der Waals surface area contributed by atoms with Crippen molar-refractivity contribution < 1.29 is 9.47 Å². The summed E-state index contributed by atoms with van der Waals surface area (Å²) in [5, 5.41) is 4.85. The number of benzene rings is 3. The van der Waals surface area contributed by atoms with Crippen LogP contribution in [0.3, 0.4) is 0 Å². The third-order valence-electron chi connectivity index (χ3n) is 3.93. The zero-order valence-electron chi connectivity index (χ0n) is 13.1. The Hall–Kier alpha value is -2.88. The van der Waals surface area contributed by atoms with Gasteiger partial charge in [-0.1, -0.05) is 42.5 Å². The van der Waals surface area contributed by atoms with Gasteiger partial charge in [0.15, 0.2) is 11.5 Å². The maximum absolute atomic E-state index is 11.1. The number of rotatable bonds is 5. The molecule has 3 aromatic rings. The molecule has 4 nitrogen and oxygen atoms in total. The first-order valence-electron chi connectivity index (χ1n) is 7.32. The summed E-state index contributed by atoms with van der Waals surface area (Å²) in [6.07, 6.45) is 0.681. The smallest absolute Gasteiger partial charge is 0.164 e. The van der Waals surface area contributed by atoms with Crippen LogP contribution < -0.4 is 9.47 Å². The average molecular weight is 307 g/mol. The summed E-state index contributed by atoms with van der Waals surface area (Å²) in [7, 11) is 3.22. The molecule has 3 rings (SSSR count). The molecule has 0 saturated carbocycles. The lowest BCUT2D eigenvalue weighted by molar-refractivity contribution is 0.353. The van der Waals surface area contributed by atoms with E-state index in [4.69, 9.17) is 9.47 Å². The van der Waals surface area contributed by atoms with Crippen molar-refractivity contribution in [2.24, 2.45) is 5.18 Å². The van der Waals surface area contributed by atoms with Crippen molar-refractivity contribution in [3.63, 3.8) is 0 Å². The van der Waals surface area contributed by atoms with Gasteiger partial charge in [0.25, 0.3) is 0 Å². The fourth-order valence-electron chi connectivity index (χ4n) is 2.87. The zero-order chi connectivity index (χ0) is 16.2. The predicted molar refractivity (Wildman–Crippen MR) is 91.8 cm³/mol. The Morgan fingerprint density at radius 3 is 2.35 bits per heavy atom. The SMILES string of the molecule is COc1cc2c(N=O)cccc2c(Cc2ccccc2)c1OC. The molecule has 0 heterocycles. The molecule has 0 amide bonds. The van der Waals surface area contributed by atoms with Gasteiger partial charge in [0.1, 0.15) is 5.69 Å². The molecule has 0 fully saturated rings. The summed E-state index contributed by atoms with van der Waals surface area (Å²) in [6.45, 7) is 0. The van der Waals surface area contributed by atoms with Crippen LogP contribution in [0.25, 0.3) is 10.8 Å².